The zero-order chi connectivity index (χ0) is 20.9. The third-order valence-electron chi connectivity index (χ3n) is 5.17. The van der Waals surface area contributed by atoms with Crippen LogP contribution in [0.3, 0.4) is 0 Å². The number of hydrogen-bond acceptors (Lipinski definition) is 4. The fourth-order valence-electron chi connectivity index (χ4n) is 3.51. The lowest BCUT2D eigenvalue weighted by atomic mass is 10.1. The molecule has 0 N–H and O–H groups in total. The highest BCUT2D eigenvalue weighted by Crippen LogP contribution is 2.33. The predicted molar refractivity (Wildman–Crippen MR) is 119 cm³/mol. The molecule has 3 aromatic rings. The first-order valence-corrected chi connectivity index (χ1v) is 10.7. The van der Waals surface area contributed by atoms with Gasteiger partial charge < -0.3 is 14.4 Å². The first-order chi connectivity index (χ1) is 14.6. The maximum absolute atomic E-state index is 12.4. The Kier molecular flexibility index (Phi) is 6.33. The van der Waals surface area contributed by atoms with Crippen LogP contribution in [0.4, 0.5) is 0 Å². The third-order valence-corrected chi connectivity index (χ3v) is 5.99. The first kappa shape index (κ1) is 20.4. The van der Waals surface area contributed by atoms with Gasteiger partial charge in [0.2, 0.25) is 0 Å². The number of rotatable bonds is 6. The van der Waals surface area contributed by atoms with E-state index in [0.717, 1.165) is 46.7 Å². The number of likely N-dealkylation sites (tertiary alicyclic amines) is 1. The summed E-state index contributed by atoms with van der Waals surface area (Å²) in [5.41, 5.74) is 1.49. The number of halogens is 1. The number of hydrogen-bond donors (Lipinski definition) is 0. The highest BCUT2D eigenvalue weighted by molar-refractivity contribution is 9.10. The van der Waals surface area contributed by atoms with Crippen molar-refractivity contribution in [3.8, 4) is 5.75 Å². The molecule has 0 aromatic heterocycles. The maximum Gasteiger partial charge on any atom is 0.344 e. The van der Waals surface area contributed by atoms with Gasteiger partial charge in [-0.1, -0.05) is 42.5 Å². The number of amides is 1. The molecule has 154 valence electrons. The van der Waals surface area contributed by atoms with Crippen molar-refractivity contribution in [1.29, 1.82) is 0 Å². The fraction of sp³-hybridized carbons (Fsp3) is 0.250. The molecular formula is C24H22BrNO4. The Labute approximate surface area is 183 Å². The van der Waals surface area contributed by atoms with Crippen molar-refractivity contribution in [2.24, 2.45) is 0 Å². The van der Waals surface area contributed by atoms with Crippen LogP contribution in [-0.4, -0.2) is 36.5 Å². The van der Waals surface area contributed by atoms with E-state index in [2.05, 4.69) is 15.9 Å². The molecule has 0 radical (unpaired) electrons. The fourth-order valence-corrected chi connectivity index (χ4v) is 4.12. The number of carbonyl (C=O) groups is 2. The average molecular weight is 468 g/mol. The van der Waals surface area contributed by atoms with Gasteiger partial charge in [-0.15, -0.1) is 0 Å². The van der Waals surface area contributed by atoms with E-state index in [4.69, 9.17) is 9.47 Å². The van der Waals surface area contributed by atoms with E-state index in [9.17, 15) is 9.59 Å². The molecule has 0 bridgehead atoms. The molecule has 6 heteroatoms. The smallest absolute Gasteiger partial charge is 0.344 e. The van der Waals surface area contributed by atoms with Gasteiger partial charge in [0, 0.05) is 18.7 Å². The van der Waals surface area contributed by atoms with Crippen molar-refractivity contribution in [3.05, 3.63) is 76.3 Å². The number of fused-ring (bicyclic) bond motifs is 1. The summed E-state index contributed by atoms with van der Waals surface area (Å²) in [6.45, 7) is 1.61. The van der Waals surface area contributed by atoms with Gasteiger partial charge in [-0.05, 0) is 63.3 Å². The summed E-state index contributed by atoms with van der Waals surface area (Å²) in [5, 5.41) is 2.11. The summed E-state index contributed by atoms with van der Waals surface area (Å²) in [6, 6.07) is 18.9. The zero-order valence-corrected chi connectivity index (χ0v) is 18.1. The quantitative estimate of drug-likeness (QED) is 0.480. The molecule has 1 saturated heterocycles. The van der Waals surface area contributed by atoms with Gasteiger partial charge in [0.1, 0.15) is 12.4 Å². The van der Waals surface area contributed by atoms with Crippen LogP contribution >= 0.6 is 15.9 Å². The second-order valence-electron chi connectivity index (χ2n) is 7.24. The van der Waals surface area contributed by atoms with E-state index in [1.165, 1.54) is 0 Å². The van der Waals surface area contributed by atoms with Crippen LogP contribution < -0.4 is 4.74 Å². The topological polar surface area (TPSA) is 55.8 Å². The lowest BCUT2D eigenvalue weighted by molar-refractivity contribution is -0.147. The number of carbonyl (C=O) groups excluding carboxylic acids is 2. The van der Waals surface area contributed by atoms with Crippen LogP contribution in [0.25, 0.3) is 10.8 Å². The molecule has 4 rings (SSSR count). The Morgan fingerprint density at radius 3 is 2.43 bits per heavy atom. The zero-order valence-electron chi connectivity index (χ0n) is 16.5. The van der Waals surface area contributed by atoms with Crippen molar-refractivity contribution >= 4 is 38.6 Å². The van der Waals surface area contributed by atoms with Crippen molar-refractivity contribution in [1.82, 2.24) is 4.90 Å². The standard InChI is InChI=1S/C24H22BrNO4/c25-23-20-6-2-1-5-18(20)11-12-21(23)29-16-22(27)30-15-17-7-9-19(10-8-17)24(28)26-13-3-4-14-26/h1-2,5-12H,3-4,13-16H2. The molecule has 30 heavy (non-hydrogen) atoms. The second-order valence-corrected chi connectivity index (χ2v) is 8.04. The molecular weight excluding hydrogens is 446 g/mol. The molecule has 1 amide bonds. The highest BCUT2D eigenvalue weighted by Gasteiger charge is 2.19. The number of esters is 1. The maximum atomic E-state index is 12.4. The molecule has 1 aliphatic rings. The Hall–Kier alpha value is -2.86. The molecule has 0 unspecified atom stereocenters. The molecule has 1 aliphatic heterocycles. The summed E-state index contributed by atoms with van der Waals surface area (Å²) in [5.74, 6) is 0.202. The van der Waals surface area contributed by atoms with Crippen molar-refractivity contribution < 1.29 is 19.1 Å². The normalized spacial score (nSPS) is 13.4. The van der Waals surface area contributed by atoms with Crippen LogP contribution in [-0.2, 0) is 16.1 Å². The van der Waals surface area contributed by atoms with Gasteiger partial charge in [0.05, 0.1) is 4.47 Å². The van der Waals surface area contributed by atoms with Crippen molar-refractivity contribution in [2.45, 2.75) is 19.4 Å². The minimum atomic E-state index is -0.452. The first-order valence-electron chi connectivity index (χ1n) is 9.96. The lowest BCUT2D eigenvalue weighted by Gasteiger charge is -2.15. The van der Waals surface area contributed by atoms with E-state index in [-0.39, 0.29) is 19.1 Å². The van der Waals surface area contributed by atoms with Gasteiger partial charge in [-0.3, -0.25) is 4.79 Å². The minimum Gasteiger partial charge on any atom is -0.481 e. The number of benzene rings is 3. The summed E-state index contributed by atoms with van der Waals surface area (Å²) < 4.78 is 11.7. The molecule has 0 spiro atoms. The average Bonchev–Trinajstić information content (AvgIpc) is 3.32. The van der Waals surface area contributed by atoms with E-state index in [1.807, 2.05) is 53.4 Å². The SMILES string of the molecule is O=C(COc1ccc2ccccc2c1Br)OCc1ccc(C(=O)N2CCCC2)cc1. The molecule has 5 nitrogen and oxygen atoms in total. The second kappa shape index (κ2) is 9.30. The van der Waals surface area contributed by atoms with E-state index < -0.39 is 5.97 Å². The molecule has 1 heterocycles. The van der Waals surface area contributed by atoms with Crippen molar-refractivity contribution in [2.75, 3.05) is 19.7 Å². The van der Waals surface area contributed by atoms with Crippen LogP contribution in [0.2, 0.25) is 0 Å². The molecule has 0 aliphatic carbocycles. The van der Waals surface area contributed by atoms with Gasteiger partial charge in [-0.25, -0.2) is 4.79 Å². The molecule has 3 aromatic carbocycles. The molecule has 0 atom stereocenters. The van der Waals surface area contributed by atoms with Gasteiger partial charge in [0.25, 0.3) is 5.91 Å². The third kappa shape index (κ3) is 4.65. The van der Waals surface area contributed by atoms with Crippen LogP contribution in [0.15, 0.2) is 65.1 Å². The number of nitrogens with zero attached hydrogens (tertiary/aromatic N) is 1. The largest absolute Gasteiger partial charge is 0.481 e. The minimum absolute atomic E-state index is 0.0606. The Morgan fingerprint density at radius 2 is 1.67 bits per heavy atom. The van der Waals surface area contributed by atoms with Crippen molar-refractivity contribution in [3.63, 3.8) is 0 Å². The Morgan fingerprint density at radius 1 is 0.933 bits per heavy atom. The summed E-state index contributed by atoms with van der Waals surface area (Å²) in [7, 11) is 0. The van der Waals surface area contributed by atoms with Gasteiger partial charge >= 0.3 is 5.97 Å². The molecule has 0 saturated carbocycles. The predicted octanol–water partition coefficient (Wildman–Crippen LogP) is 4.96. The van der Waals surface area contributed by atoms with Crippen LogP contribution in [0.5, 0.6) is 5.75 Å². The van der Waals surface area contributed by atoms with Gasteiger partial charge in [0.15, 0.2) is 6.61 Å². The van der Waals surface area contributed by atoms with E-state index >= 15 is 0 Å². The summed E-state index contributed by atoms with van der Waals surface area (Å²) in [6.07, 6.45) is 2.13. The van der Waals surface area contributed by atoms with Gasteiger partial charge in [-0.2, -0.15) is 0 Å². The monoisotopic (exact) mass is 467 g/mol. The van der Waals surface area contributed by atoms with E-state index in [0.29, 0.717) is 11.3 Å². The number of ether oxygens (including phenoxy) is 2. The van der Waals surface area contributed by atoms with E-state index in [1.54, 1.807) is 12.1 Å². The Bertz CT molecular complexity index is 1060. The summed E-state index contributed by atoms with van der Waals surface area (Å²) in [4.78, 5) is 26.3. The molecule has 1 fully saturated rings. The van der Waals surface area contributed by atoms with Crippen LogP contribution in [0.1, 0.15) is 28.8 Å². The highest BCUT2D eigenvalue weighted by atomic mass is 79.9. The Balaban J connectivity index is 1.29. The van der Waals surface area contributed by atoms with Crippen LogP contribution in [0, 0.1) is 0 Å². The lowest BCUT2D eigenvalue weighted by Crippen LogP contribution is -2.27. The summed E-state index contributed by atoms with van der Waals surface area (Å²) >= 11 is 3.54.